The van der Waals surface area contributed by atoms with Crippen LogP contribution in [-0.2, 0) is 5.41 Å². The molecule has 0 unspecified atom stereocenters. The Morgan fingerprint density at radius 1 is 0.833 bits per heavy atom. The van der Waals surface area contributed by atoms with Crippen molar-refractivity contribution in [3.63, 3.8) is 0 Å². The third kappa shape index (κ3) is 10.3. The lowest BCUT2D eigenvalue weighted by Gasteiger charge is -2.27. The number of nitrogens with zero attached hydrogens (tertiary/aromatic N) is 1. The number of rotatable bonds is 16. The van der Waals surface area contributed by atoms with Crippen molar-refractivity contribution in [1.82, 2.24) is 0 Å². The second kappa shape index (κ2) is 15.4. The van der Waals surface area contributed by atoms with Crippen LogP contribution in [0.4, 0.5) is 0 Å². The molecule has 1 rings (SSSR count). The van der Waals surface area contributed by atoms with Gasteiger partial charge in [0.05, 0.1) is 5.56 Å². The van der Waals surface area contributed by atoms with Crippen LogP contribution in [0, 0.1) is 0 Å². The van der Waals surface area contributed by atoms with Gasteiger partial charge in [-0.2, -0.15) is 0 Å². The van der Waals surface area contributed by atoms with Crippen LogP contribution in [0.5, 0.6) is 0 Å². The highest BCUT2D eigenvalue weighted by Crippen LogP contribution is 2.39. The summed E-state index contributed by atoms with van der Waals surface area (Å²) in [6, 6.07) is 4.91. The van der Waals surface area contributed by atoms with Crippen LogP contribution in [-0.4, -0.2) is 36.9 Å². The number of benzene rings is 1. The summed E-state index contributed by atoms with van der Waals surface area (Å²) in [7, 11) is 4.23. The van der Waals surface area contributed by atoms with Gasteiger partial charge in [0.15, 0.2) is 6.21 Å². The van der Waals surface area contributed by atoms with Gasteiger partial charge in [0.2, 0.25) is 0 Å². The zero-order valence-electron chi connectivity index (χ0n) is 21.0. The van der Waals surface area contributed by atoms with Crippen molar-refractivity contribution in [2.24, 2.45) is 0 Å². The fourth-order valence-electron chi connectivity index (χ4n) is 3.74. The maximum Gasteiger partial charge on any atom is 0.171 e. The summed E-state index contributed by atoms with van der Waals surface area (Å²) in [6.07, 6.45) is 19.7. The Bertz CT molecular complexity index is 630. The zero-order valence-corrected chi connectivity index (χ0v) is 22.6. The molecule has 3 heteroatoms. The van der Waals surface area contributed by atoms with Gasteiger partial charge in [0.1, 0.15) is 14.1 Å². The maximum atomic E-state index is 2.46. The minimum absolute atomic E-state index is 0.223. The van der Waals surface area contributed by atoms with E-state index in [4.69, 9.17) is 0 Å². The van der Waals surface area contributed by atoms with Gasteiger partial charge >= 0.3 is 0 Å². The van der Waals surface area contributed by atoms with E-state index in [0.29, 0.717) is 0 Å². The van der Waals surface area contributed by atoms with Crippen LogP contribution in [0.3, 0.4) is 0 Å². The summed E-state index contributed by atoms with van der Waals surface area (Å²) in [5.74, 6) is 1.24. The van der Waals surface area contributed by atoms with Gasteiger partial charge in [-0.1, -0.05) is 85.5 Å². The molecular weight excluding hydrogens is 402 g/mol. The molecule has 0 N–H and O–H groups in total. The Morgan fingerprint density at radius 2 is 1.40 bits per heavy atom. The van der Waals surface area contributed by atoms with E-state index in [-0.39, 0.29) is 5.41 Å². The van der Waals surface area contributed by atoms with E-state index < -0.39 is 0 Å². The summed E-state index contributed by atoms with van der Waals surface area (Å²) in [5.41, 5.74) is 3.11. The van der Waals surface area contributed by atoms with E-state index >= 15 is 0 Å². The zero-order chi connectivity index (χ0) is 22.4. The number of hydrogen-bond donors (Lipinski definition) is 0. The summed E-state index contributed by atoms with van der Waals surface area (Å²) in [5, 5.41) is 0. The smallest absolute Gasteiger partial charge is 0.171 e. The van der Waals surface area contributed by atoms with E-state index in [1.54, 1.807) is 0 Å². The molecule has 1 aromatic carbocycles. The molecule has 0 fully saturated rings. The summed E-state index contributed by atoms with van der Waals surface area (Å²) in [6.45, 7) is 9.40. The average Bonchev–Trinajstić information content (AvgIpc) is 2.71. The third-order valence-electron chi connectivity index (χ3n) is 6.10. The minimum atomic E-state index is 0.223. The Balaban J connectivity index is 2.62. The molecular formula is C27H48NS2+. The van der Waals surface area contributed by atoms with Gasteiger partial charge in [0.25, 0.3) is 0 Å². The first-order chi connectivity index (χ1) is 14.4. The number of thioether (sulfide) groups is 2. The van der Waals surface area contributed by atoms with Crippen molar-refractivity contribution in [3.8, 4) is 0 Å². The van der Waals surface area contributed by atoms with E-state index in [2.05, 4.69) is 82.7 Å². The van der Waals surface area contributed by atoms with Crippen LogP contribution >= 0.6 is 23.5 Å². The summed E-state index contributed by atoms with van der Waals surface area (Å²) < 4.78 is 2.16. The number of unbranched alkanes of at least 4 members (excludes halogenated alkanes) is 9. The van der Waals surface area contributed by atoms with Gasteiger partial charge < -0.3 is 0 Å². The predicted molar refractivity (Wildman–Crippen MR) is 141 cm³/mol. The molecule has 30 heavy (non-hydrogen) atoms. The van der Waals surface area contributed by atoms with Crippen LogP contribution < -0.4 is 0 Å². The molecule has 0 aromatic heterocycles. The van der Waals surface area contributed by atoms with Crippen LogP contribution in [0.1, 0.15) is 109 Å². The minimum Gasteiger partial charge on any atom is -0.241 e. The first-order valence-corrected chi connectivity index (χ1v) is 14.4. The van der Waals surface area contributed by atoms with E-state index in [1.165, 1.54) is 97.3 Å². The second-order valence-electron chi connectivity index (χ2n) is 9.45. The molecule has 0 atom stereocenters. The fraction of sp³-hybridized carbons (Fsp3) is 0.741. The summed E-state index contributed by atoms with van der Waals surface area (Å²) in [4.78, 5) is 2.88. The normalized spacial score (nSPS) is 11.7. The van der Waals surface area contributed by atoms with E-state index in [0.717, 1.165) is 0 Å². The predicted octanol–water partition coefficient (Wildman–Crippen LogP) is 8.80. The largest absolute Gasteiger partial charge is 0.241 e. The molecule has 172 valence electrons. The highest BCUT2D eigenvalue weighted by molar-refractivity contribution is 7.99. The van der Waals surface area contributed by atoms with E-state index in [9.17, 15) is 0 Å². The lowest BCUT2D eigenvalue weighted by atomic mass is 9.82. The average molecular weight is 451 g/mol. The van der Waals surface area contributed by atoms with Gasteiger partial charge in [-0.25, -0.2) is 4.58 Å². The van der Waals surface area contributed by atoms with Gasteiger partial charge in [-0.3, -0.25) is 0 Å². The van der Waals surface area contributed by atoms with Crippen molar-refractivity contribution < 1.29 is 4.58 Å². The molecule has 1 aromatic rings. The highest BCUT2D eigenvalue weighted by Gasteiger charge is 2.24. The van der Waals surface area contributed by atoms with Gasteiger partial charge in [-0.15, -0.1) is 23.5 Å². The molecule has 0 aliphatic carbocycles. The standard InChI is InChI=1S/C27H48NS2/c1-8-10-11-12-13-14-15-16-17-18-19-30-26-20-23(22-28(5)6)25(29-7)21-24(26)27(3,4)9-2/h20-22H,8-19H2,1-7H3/q+1. The lowest BCUT2D eigenvalue weighted by Crippen LogP contribution is -2.17. The summed E-state index contributed by atoms with van der Waals surface area (Å²) >= 11 is 3.94. The lowest BCUT2D eigenvalue weighted by molar-refractivity contribution is -0.458. The quantitative estimate of drug-likeness (QED) is 0.107. The first kappa shape index (κ1) is 27.6. The van der Waals surface area contributed by atoms with Crippen LogP contribution in [0.2, 0.25) is 0 Å². The van der Waals surface area contributed by atoms with Crippen molar-refractivity contribution in [2.75, 3.05) is 26.1 Å². The Morgan fingerprint density at radius 3 is 1.90 bits per heavy atom. The van der Waals surface area contributed by atoms with E-state index in [1.807, 2.05) is 11.8 Å². The molecule has 0 radical (unpaired) electrons. The molecule has 0 heterocycles. The topological polar surface area (TPSA) is 3.01 Å². The van der Waals surface area contributed by atoms with Crippen LogP contribution in [0.15, 0.2) is 21.9 Å². The van der Waals surface area contributed by atoms with Crippen molar-refractivity contribution in [1.29, 1.82) is 0 Å². The highest BCUT2D eigenvalue weighted by atomic mass is 32.2. The van der Waals surface area contributed by atoms with Crippen molar-refractivity contribution >= 4 is 29.7 Å². The maximum absolute atomic E-state index is 2.46. The fourth-order valence-corrected chi connectivity index (χ4v) is 5.59. The molecule has 0 aliphatic rings. The Kier molecular flexibility index (Phi) is 14.2. The molecule has 0 spiro atoms. The molecule has 0 bridgehead atoms. The third-order valence-corrected chi connectivity index (χ3v) is 8.03. The molecule has 1 nitrogen and oxygen atoms in total. The monoisotopic (exact) mass is 450 g/mol. The SMILES string of the molecule is CCCCCCCCCCCCSc1cc(C=[N+](C)C)c(SC)cc1C(C)(C)CC. The first-order valence-electron chi connectivity index (χ1n) is 12.2. The molecule has 0 saturated heterocycles. The van der Waals surface area contributed by atoms with Gasteiger partial charge in [-0.05, 0) is 48.0 Å². The Labute approximate surface area is 196 Å². The van der Waals surface area contributed by atoms with Gasteiger partial charge in [0, 0.05) is 9.79 Å². The van der Waals surface area contributed by atoms with Crippen molar-refractivity contribution in [3.05, 3.63) is 23.3 Å². The second-order valence-corrected chi connectivity index (χ2v) is 11.4. The molecule has 0 saturated carbocycles. The van der Waals surface area contributed by atoms with Crippen molar-refractivity contribution in [2.45, 2.75) is 114 Å². The molecule has 0 aliphatic heterocycles. The van der Waals surface area contributed by atoms with Crippen LogP contribution in [0.25, 0.3) is 0 Å². The molecule has 0 amide bonds. The number of hydrogen-bond acceptors (Lipinski definition) is 2. The Hall–Kier alpha value is -0.410.